The Labute approximate surface area is 92.5 Å². The highest BCUT2D eigenvalue weighted by Gasteiger charge is 2.12. The predicted molar refractivity (Wildman–Crippen MR) is 63.2 cm³/mol. The van der Waals surface area contributed by atoms with Crippen molar-refractivity contribution in [2.24, 2.45) is 11.7 Å². The van der Waals surface area contributed by atoms with E-state index in [0.717, 1.165) is 12.8 Å². The standard InChI is InChI=1S/C10H16BrNS/c1-3-7(2)10(12)5-9-4-8(11)6-13-9/h4,6-7,10H,3,5,12H2,1-2H3. The van der Waals surface area contributed by atoms with E-state index in [4.69, 9.17) is 5.73 Å². The molecule has 1 heterocycles. The van der Waals surface area contributed by atoms with Gasteiger partial charge in [0, 0.05) is 20.8 Å². The average Bonchev–Trinajstić information content (AvgIpc) is 2.49. The van der Waals surface area contributed by atoms with Gasteiger partial charge in [-0.3, -0.25) is 0 Å². The Bertz CT molecular complexity index is 259. The lowest BCUT2D eigenvalue weighted by Gasteiger charge is -2.16. The molecule has 0 amide bonds. The second-order valence-corrected chi connectivity index (χ2v) is 5.40. The van der Waals surface area contributed by atoms with E-state index in [9.17, 15) is 0 Å². The van der Waals surface area contributed by atoms with E-state index in [0.29, 0.717) is 12.0 Å². The lowest BCUT2D eigenvalue weighted by atomic mass is 9.97. The SMILES string of the molecule is CCC(C)C(N)Cc1cc(Br)cs1. The fourth-order valence-electron chi connectivity index (χ4n) is 1.20. The quantitative estimate of drug-likeness (QED) is 0.883. The summed E-state index contributed by atoms with van der Waals surface area (Å²) in [5.74, 6) is 0.612. The molecule has 1 rings (SSSR count). The van der Waals surface area contributed by atoms with Crippen molar-refractivity contribution in [1.82, 2.24) is 0 Å². The summed E-state index contributed by atoms with van der Waals surface area (Å²) in [5, 5.41) is 2.11. The summed E-state index contributed by atoms with van der Waals surface area (Å²) >= 11 is 5.22. The van der Waals surface area contributed by atoms with Gasteiger partial charge in [-0.25, -0.2) is 0 Å². The Morgan fingerprint density at radius 1 is 1.62 bits per heavy atom. The van der Waals surface area contributed by atoms with E-state index in [1.54, 1.807) is 11.3 Å². The normalized spacial score (nSPS) is 15.7. The molecule has 0 radical (unpaired) electrons. The molecular weight excluding hydrogens is 246 g/mol. The van der Waals surface area contributed by atoms with Crippen LogP contribution in [-0.4, -0.2) is 6.04 Å². The first-order chi connectivity index (χ1) is 6.13. The van der Waals surface area contributed by atoms with Crippen LogP contribution in [0, 0.1) is 5.92 Å². The maximum absolute atomic E-state index is 6.06. The first-order valence-electron chi connectivity index (χ1n) is 4.62. The van der Waals surface area contributed by atoms with Crippen LogP contribution in [0.3, 0.4) is 0 Å². The van der Waals surface area contributed by atoms with Crippen LogP contribution in [0.1, 0.15) is 25.1 Å². The number of halogens is 1. The van der Waals surface area contributed by atoms with Gasteiger partial charge in [-0.15, -0.1) is 11.3 Å². The minimum atomic E-state index is 0.301. The Morgan fingerprint density at radius 3 is 2.77 bits per heavy atom. The van der Waals surface area contributed by atoms with Crippen LogP contribution in [0.4, 0.5) is 0 Å². The molecule has 0 bridgehead atoms. The second kappa shape index (κ2) is 5.13. The predicted octanol–water partition coefficient (Wildman–Crippen LogP) is 3.43. The Balaban J connectivity index is 2.49. The van der Waals surface area contributed by atoms with E-state index in [2.05, 4.69) is 41.2 Å². The molecule has 2 unspecified atom stereocenters. The molecule has 0 saturated carbocycles. The first kappa shape index (κ1) is 11.2. The molecule has 3 heteroatoms. The van der Waals surface area contributed by atoms with Gasteiger partial charge in [0.05, 0.1) is 0 Å². The highest BCUT2D eigenvalue weighted by molar-refractivity contribution is 9.10. The van der Waals surface area contributed by atoms with Gasteiger partial charge in [0.25, 0.3) is 0 Å². The van der Waals surface area contributed by atoms with Gasteiger partial charge in [-0.2, -0.15) is 0 Å². The Hall–Kier alpha value is 0.140. The van der Waals surface area contributed by atoms with Gasteiger partial charge in [0.15, 0.2) is 0 Å². The smallest absolute Gasteiger partial charge is 0.0285 e. The molecule has 0 aliphatic heterocycles. The minimum absolute atomic E-state index is 0.301. The zero-order chi connectivity index (χ0) is 9.84. The van der Waals surface area contributed by atoms with E-state index in [-0.39, 0.29) is 0 Å². The minimum Gasteiger partial charge on any atom is -0.327 e. The molecule has 1 aromatic heterocycles. The summed E-state index contributed by atoms with van der Waals surface area (Å²) in [7, 11) is 0. The van der Waals surface area contributed by atoms with Gasteiger partial charge in [0.2, 0.25) is 0 Å². The van der Waals surface area contributed by atoms with Crippen molar-refractivity contribution in [3.63, 3.8) is 0 Å². The van der Waals surface area contributed by atoms with Gasteiger partial charge in [-0.05, 0) is 34.3 Å². The van der Waals surface area contributed by atoms with Crippen LogP contribution >= 0.6 is 27.3 Å². The highest BCUT2D eigenvalue weighted by Crippen LogP contribution is 2.22. The van der Waals surface area contributed by atoms with Crippen molar-refractivity contribution in [3.05, 3.63) is 20.8 Å². The summed E-state index contributed by atoms with van der Waals surface area (Å²) in [6, 6.07) is 2.46. The first-order valence-corrected chi connectivity index (χ1v) is 6.29. The maximum Gasteiger partial charge on any atom is 0.0285 e. The third-order valence-corrected chi connectivity index (χ3v) is 4.15. The van der Waals surface area contributed by atoms with Gasteiger partial charge < -0.3 is 5.73 Å². The van der Waals surface area contributed by atoms with Crippen LogP contribution in [0.2, 0.25) is 0 Å². The number of nitrogens with two attached hydrogens (primary N) is 1. The topological polar surface area (TPSA) is 26.0 Å². The average molecular weight is 262 g/mol. The molecule has 1 aromatic rings. The van der Waals surface area contributed by atoms with Crippen molar-refractivity contribution in [1.29, 1.82) is 0 Å². The lowest BCUT2D eigenvalue weighted by Crippen LogP contribution is -2.29. The molecule has 1 nitrogen and oxygen atoms in total. The number of hydrogen-bond donors (Lipinski definition) is 1. The van der Waals surface area contributed by atoms with Crippen LogP contribution in [0.15, 0.2) is 15.9 Å². The molecule has 2 atom stereocenters. The van der Waals surface area contributed by atoms with E-state index < -0.39 is 0 Å². The molecule has 0 spiro atoms. The van der Waals surface area contributed by atoms with Crippen LogP contribution in [0.25, 0.3) is 0 Å². The van der Waals surface area contributed by atoms with Crippen LogP contribution in [0.5, 0.6) is 0 Å². The Morgan fingerprint density at radius 2 is 2.31 bits per heavy atom. The van der Waals surface area contributed by atoms with Gasteiger partial charge >= 0.3 is 0 Å². The molecule has 74 valence electrons. The summed E-state index contributed by atoms with van der Waals surface area (Å²) in [4.78, 5) is 1.37. The number of rotatable bonds is 4. The number of thiophene rings is 1. The Kier molecular flexibility index (Phi) is 4.42. The van der Waals surface area contributed by atoms with Crippen molar-refractivity contribution in [3.8, 4) is 0 Å². The third-order valence-electron chi connectivity index (χ3n) is 2.43. The molecule has 0 aliphatic rings. The molecule has 2 N–H and O–H groups in total. The molecule has 0 aliphatic carbocycles. The second-order valence-electron chi connectivity index (χ2n) is 3.48. The van der Waals surface area contributed by atoms with Crippen molar-refractivity contribution >= 4 is 27.3 Å². The highest BCUT2D eigenvalue weighted by atomic mass is 79.9. The fourth-order valence-corrected chi connectivity index (χ4v) is 2.72. The van der Waals surface area contributed by atoms with Crippen molar-refractivity contribution < 1.29 is 0 Å². The molecule has 13 heavy (non-hydrogen) atoms. The van der Waals surface area contributed by atoms with Crippen molar-refractivity contribution in [2.45, 2.75) is 32.7 Å². The van der Waals surface area contributed by atoms with Crippen molar-refractivity contribution in [2.75, 3.05) is 0 Å². The van der Waals surface area contributed by atoms with E-state index in [1.807, 2.05) is 0 Å². The summed E-state index contributed by atoms with van der Waals surface area (Å²) in [6.07, 6.45) is 2.17. The largest absolute Gasteiger partial charge is 0.327 e. The van der Waals surface area contributed by atoms with Gasteiger partial charge in [-0.1, -0.05) is 20.3 Å². The molecule has 0 aromatic carbocycles. The summed E-state index contributed by atoms with van der Waals surface area (Å²) < 4.78 is 1.17. The monoisotopic (exact) mass is 261 g/mol. The fraction of sp³-hybridized carbons (Fsp3) is 0.600. The molecule has 0 saturated heterocycles. The van der Waals surface area contributed by atoms with Crippen LogP contribution in [-0.2, 0) is 6.42 Å². The molecule has 0 fully saturated rings. The van der Waals surface area contributed by atoms with Gasteiger partial charge in [0.1, 0.15) is 0 Å². The summed E-state index contributed by atoms with van der Waals surface area (Å²) in [5.41, 5.74) is 6.06. The maximum atomic E-state index is 6.06. The third kappa shape index (κ3) is 3.41. The number of hydrogen-bond acceptors (Lipinski definition) is 2. The summed E-state index contributed by atoms with van der Waals surface area (Å²) in [6.45, 7) is 4.40. The molecular formula is C10H16BrNS. The zero-order valence-corrected chi connectivity index (χ0v) is 10.5. The zero-order valence-electron chi connectivity index (χ0n) is 8.09. The lowest BCUT2D eigenvalue weighted by molar-refractivity contribution is 0.442. The van der Waals surface area contributed by atoms with Crippen LogP contribution < -0.4 is 5.73 Å². The van der Waals surface area contributed by atoms with E-state index >= 15 is 0 Å². The van der Waals surface area contributed by atoms with E-state index in [1.165, 1.54) is 9.35 Å².